The minimum Gasteiger partial charge on any atom is -0.352 e. The topological polar surface area (TPSA) is 69.7 Å². The van der Waals surface area contributed by atoms with Crippen LogP contribution in [0.1, 0.15) is 12.8 Å². The molecule has 2 aromatic rings. The van der Waals surface area contributed by atoms with Gasteiger partial charge in [0.25, 0.3) is 10.0 Å². The van der Waals surface area contributed by atoms with Crippen molar-refractivity contribution in [3.63, 3.8) is 0 Å². The number of hydrogen-bond donors (Lipinski definition) is 1. The number of anilines is 1. The number of sulfonamides is 1. The van der Waals surface area contributed by atoms with Crippen LogP contribution in [-0.2, 0) is 14.8 Å². The smallest absolute Gasteiger partial charge is 0.274 e. The second-order valence-corrected chi connectivity index (χ2v) is 9.58. The number of thiophene rings is 1. The summed E-state index contributed by atoms with van der Waals surface area (Å²) < 4.78 is 41.2. The maximum absolute atomic E-state index is 14.3. The molecule has 0 radical (unpaired) electrons. The van der Waals surface area contributed by atoms with E-state index in [0.29, 0.717) is 0 Å². The fourth-order valence-electron chi connectivity index (χ4n) is 3.03. The van der Waals surface area contributed by atoms with Crippen LogP contribution in [0.15, 0.2) is 46.0 Å². The van der Waals surface area contributed by atoms with Gasteiger partial charge in [0.15, 0.2) is 0 Å². The highest BCUT2D eigenvalue weighted by Crippen LogP contribution is 2.28. The number of piperidine rings is 1. The van der Waals surface area contributed by atoms with E-state index in [1.54, 1.807) is 17.5 Å². The van der Waals surface area contributed by atoms with Crippen LogP contribution < -0.4 is 9.62 Å². The lowest BCUT2D eigenvalue weighted by molar-refractivity contribution is -0.120. The summed E-state index contributed by atoms with van der Waals surface area (Å²) in [5.74, 6) is -1.13. The van der Waals surface area contributed by atoms with Crippen LogP contribution in [0.3, 0.4) is 0 Å². The molecule has 1 aromatic carbocycles. The Bertz CT molecular complexity index is 879. The SMILES string of the molecule is CN1CCC(NC(=O)CN(c2ccccc2F)S(=O)(=O)c2cccs2)CC1. The van der Waals surface area contributed by atoms with Gasteiger partial charge in [-0.1, -0.05) is 18.2 Å². The van der Waals surface area contributed by atoms with Crippen molar-refractivity contribution in [3.8, 4) is 0 Å². The van der Waals surface area contributed by atoms with Gasteiger partial charge in [-0.2, -0.15) is 0 Å². The van der Waals surface area contributed by atoms with Crippen LogP contribution in [0.25, 0.3) is 0 Å². The first kappa shape index (κ1) is 19.8. The number of para-hydroxylation sites is 1. The first-order valence-electron chi connectivity index (χ1n) is 8.66. The van der Waals surface area contributed by atoms with E-state index in [9.17, 15) is 17.6 Å². The molecule has 0 saturated carbocycles. The van der Waals surface area contributed by atoms with Crippen molar-refractivity contribution in [1.29, 1.82) is 0 Å². The molecule has 9 heteroatoms. The molecule has 0 aliphatic carbocycles. The third kappa shape index (κ3) is 4.66. The van der Waals surface area contributed by atoms with Crippen molar-refractivity contribution >= 4 is 33.0 Å². The first-order chi connectivity index (χ1) is 12.9. The Hall–Kier alpha value is -1.97. The number of nitrogens with zero attached hydrogens (tertiary/aromatic N) is 2. The highest BCUT2D eigenvalue weighted by atomic mass is 32.2. The van der Waals surface area contributed by atoms with Gasteiger partial charge in [-0.15, -0.1) is 11.3 Å². The number of carbonyl (C=O) groups excluding carboxylic acids is 1. The van der Waals surface area contributed by atoms with E-state index in [1.807, 2.05) is 7.05 Å². The van der Waals surface area contributed by atoms with Crippen LogP contribution in [-0.4, -0.2) is 51.9 Å². The van der Waals surface area contributed by atoms with Gasteiger partial charge in [0.2, 0.25) is 5.91 Å². The second-order valence-electron chi connectivity index (χ2n) is 6.54. The average molecular weight is 412 g/mol. The summed E-state index contributed by atoms with van der Waals surface area (Å²) in [7, 11) is -2.02. The van der Waals surface area contributed by atoms with Crippen molar-refractivity contribution < 1.29 is 17.6 Å². The summed E-state index contributed by atoms with van der Waals surface area (Å²) in [6.07, 6.45) is 1.61. The Labute approximate surface area is 162 Å². The van der Waals surface area contributed by atoms with E-state index < -0.39 is 28.3 Å². The maximum atomic E-state index is 14.3. The monoisotopic (exact) mass is 411 g/mol. The number of hydrogen-bond acceptors (Lipinski definition) is 5. The van der Waals surface area contributed by atoms with Crippen molar-refractivity contribution in [1.82, 2.24) is 10.2 Å². The normalized spacial score (nSPS) is 16.2. The summed E-state index contributed by atoms with van der Waals surface area (Å²) in [6.45, 7) is 1.28. The number of nitrogens with one attached hydrogen (secondary N) is 1. The van der Waals surface area contributed by atoms with Crippen molar-refractivity contribution in [2.45, 2.75) is 23.1 Å². The molecule has 1 aliphatic heterocycles. The molecule has 1 amide bonds. The van der Waals surface area contributed by atoms with Crippen LogP contribution >= 0.6 is 11.3 Å². The predicted molar refractivity (Wildman–Crippen MR) is 104 cm³/mol. The lowest BCUT2D eigenvalue weighted by atomic mass is 10.1. The molecule has 1 aliphatic rings. The molecular formula is C18H22FN3O3S2. The zero-order chi connectivity index (χ0) is 19.4. The van der Waals surface area contributed by atoms with E-state index in [4.69, 9.17) is 0 Å². The van der Waals surface area contributed by atoms with Crippen molar-refractivity contribution in [2.24, 2.45) is 0 Å². The zero-order valence-electron chi connectivity index (χ0n) is 15.0. The molecule has 6 nitrogen and oxygen atoms in total. The molecule has 1 saturated heterocycles. The average Bonchev–Trinajstić information content (AvgIpc) is 3.18. The summed E-state index contributed by atoms with van der Waals surface area (Å²) >= 11 is 1.03. The summed E-state index contributed by atoms with van der Waals surface area (Å²) in [4.78, 5) is 14.7. The Morgan fingerprint density at radius 3 is 2.59 bits per heavy atom. The maximum Gasteiger partial charge on any atom is 0.274 e. The molecule has 146 valence electrons. The molecule has 0 bridgehead atoms. The van der Waals surface area contributed by atoms with E-state index >= 15 is 0 Å². The molecular weight excluding hydrogens is 389 g/mol. The van der Waals surface area contributed by atoms with Crippen LogP contribution in [0.2, 0.25) is 0 Å². The first-order valence-corrected chi connectivity index (χ1v) is 11.0. The number of amides is 1. The van der Waals surface area contributed by atoms with Crippen LogP contribution in [0.5, 0.6) is 0 Å². The van der Waals surface area contributed by atoms with E-state index in [-0.39, 0.29) is 15.9 Å². The lowest BCUT2D eigenvalue weighted by Crippen LogP contribution is -2.47. The highest BCUT2D eigenvalue weighted by molar-refractivity contribution is 7.94. The van der Waals surface area contributed by atoms with Gasteiger partial charge in [-0.25, -0.2) is 12.8 Å². The molecule has 3 rings (SSSR count). The van der Waals surface area contributed by atoms with Crippen molar-refractivity contribution in [2.75, 3.05) is 31.0 Å². The number of likely N-dealkylation sites (tertiary alicyclic amines) is 1. The van der Waals surface area contributed by atoms with Crippen LogP contribution in [0.4, 0.5) is 10.1 Å². The molecule has 27 heavy (non-hydrogen) atoms. The molecule has 1 N–H and O–H groups in total. The molecule has 0 unspecified atom stereocenters. The van der Waals surface area contributed by atoms with Gasteiger partial charge in [0.1, 0.15) is 16.6 Å². The molecule has 1 aromatic heterocycles. The Morgan fingerprint density at radius 1 is 1.26 bits per heavy atom. The van der Waals surface area contributed by atoms with Gasteiger partial charge in [-0.3, -0.25) is 9.10 Å². The summed E-state index contributed by atoms with van der Waals surface area (Å²) in [5, 5.41) is 4.52. The Morgan fingerprint density at radius 2 is 1.96 bits per heavy atom. The van der Waals surface area contributed by atoms with Gasteiger partial charge < -0.3 is 10.2 Å². The summed E-state index contributed by atoms with van der Waals surface area (Å²) in [5.41, 5.74) is -0.135. The zero-order valence-corrected chi connectivity index (χ0v) is 16.6. The minimum atomic E-state index is -4.04. The van der Waals surface area contributed by atoms with Gasteiger partial charge in [0, 0.05) is 6.04 Å². The van der Waals surface area contributed by atoms with Gasteiger partial charge in [0.05, 0.1) is 5.69 Å². The molecule has 0 spiro atoms. The quantitative estimate of drug-likeness (QED) is 0.792. The van der Waals surface area contributed by atoms with E-state index in [2.05, 4.69) is 10.2 Å². The highest BCUT2D eigenvalue weighted by Gasteiger charge is 2.30. The minimum absolute atomic E-state index is 0.000567. The second kappa shape index (κ2) is 8.37. The number of carbonyl (C=O) groups is 1. The number of halogens is 1. The number of benzene rings is 1. The Balaban J connectivity index is 1.82. The standard InChI is InChI=1S/C18H22FN3O3S2/c1-21-10-8-14(9-11-21)20-17(23)13-22(16-6-3-2-5-15(16)19)27(24,25)18-7-4-12-26-18/h2-7,12,14H,8-11,13H2,1H3,(H,20,23). The molecule has 2 heterocycles. The fourth-order valence-corrected chi connectivity index (χ4v) is 5.56. The molecule has 0 atom stereocenters. The largest absolute Gasteiger partial charge is 0.352 e. The van der Waals surface area contributed by atoms with E-state index in [1.165, 1.54) is 24.3 Å². The van der Waals surface area contributed by atoms with Gasteiger partial charge >= 0.3 is 0 Å². The third-order valence-corrected chi connectivity index (χ3v) is 7.66. The van der Waals surface area contributed by atoms with Crippen LogP contribution in [0, 0.1) is 5.82 Å². The Kier molecular flexibility index (Phi) is 6.13. The van der Waals surface area contributed by atoms with E-state index in [0.717, 1.165) is 41.6 Å². The fraction of sp³-hybridized carbons (Fsp3) is 0.389. The number of rotatable bonds is 6. The molecule has 1 fully saturated rings. The lowest BCUT2D eigenvalue weighted by Gasteiger charge is -2.30. The third-order valence-electron chi connectivity index (χ3n) is 4.53. The van der Waals surface area contributed by atoms with Crippen molar-refractivity contribution in [3.05, 3.63) is 47.6 Å². The van der Waals surface area contributed by atoms with Gasteiger partial charge in [-0.05, 0) is 56.6 Å². The predicted octanol–water partition coefficient (Wildman–Crippen LogP) is 2.29. The summed E-state index contributed by atoms with van der Waals surface area (Å²) in [6, 6.07) is 8.63.